The number of rotatable bonds is 3. The lowest BCUT2D eigenvalue weighted by Crippen LogP contribution is -2.43. The van der Waals surface area contributed by atoms with Crippen molar-refractivity contribution in [3.05, 3.63) is 46.7 Å². The van der Waals surface area contributed by atoms with Crippen molar-refractivity contribution in [2.24, 2.45) is 0 Å². The van der Waals surface area contributed by atoms with Crippen LogP contribution in [0.25, 0.3) is 0 Å². The first kappa shape index (κ1) is 14.3. The Hall–Kier alpha value is -1.13. The standard InChI is InChI=1S/C14H16ClF2NO/c1-4-14(2,3)18-13(9(15)8-19-18)12-10(16)6-5-7-11(12)17/h5-8,13H,4H2,1-3H3. The number of benzene rings is 1. The molecule has 1 aliphatic heterocycles. The Morgan fingerprint density at radius 1 is 1.32 bits per heavy atom. The minimum absolute atomic E-state index is 0.0808. The van der Waals surface area contributed by atoms with Gasteiger partial charge in [-0.2, -0.15) is 0 Å². The summed E-state index contributed by atoms with van der Waals surface area (Å²) in [6, 6.07) is 3.02. The van der Waals surface area contributed by atoms with Crippen LogP contribution in [0.3, 0.4) is 0 Å². The van der Waals surface area contributed by atoms with E-state index in [1.807, 2.05) is 20.8 Å². The van der Waals surface area contributed by atoms with E-state index in [9.17, 15) is 8.78 Å². The maximum absolute atomic E-state index is 13.9. The van der Waals surface area contributed by atoms with Gasteiger partial charge in [0.05, 0.1) is 10.6 Å². The number of hydrogen-bond acceptors (Lipinski definition) is 2. The van der Waals surface area contributed by atoms with Crippen molar-refractivity contribution in [1.29, 1.82) is 0 Å². The van der Waals surface area contributed by atoms with E-state index in [1.54, 1.807) is 0 Å². The number of hydrogen-bond donors (Lipinski definition) is 0. The summed E-state index contributed by atoms with van der Waals surface area (Å²) in [6.45, 7) is 5.84. The molecule has 1 aromatic carbocycles. The van der Waals surface area contributed by atoms with Crippen LogP contribution >= 0.6 is 11.6 Å². The maximum atomic E-state index is 13.9. The summed E-state index contributed by atoms with van der Waals surface area (Å²) in [7, 11) is 0. The highest BCUT2D eigenvalue weighted by Gasteiger charge is 2.42. The lowest BCUT2D eigenvalue weighted by Gasteiger charge is -2.37. The molecule has 1 heterocycles. The SMILES string of the molecule is CCC(C)(C)N1OC=C(Cl)C1c1c(F)cccc1F. The molecule has 104 valence electrons. The molecule has 5 heteroatoms. The molecular weight excluding hydrogens is 272 g/mol. The number of nitrogens with zero attached hydrogens (tertiary/aromatic N) is 1. The third-order valence-corrected chi connectivity index (χ3v) is 3.81. The van der Waals surface area contributed by atoms with E-state index in [-0.39, 0.29) is 10.6 Å². The van der Waals surface area contributed by atoms with Gasteiger partial charge in [0, 0.05) is 5.56 Å². The molecule has 0 aliphatic carbocycles. The summed E-state index contributed by atoms with van der Waals surface area (Å²) < 4.78 is 27.9. The molecule has 1 aliphatic rings. The van der Waals surface area contributed by atoms with Crippen LogP contribution in [0.1, 0.15) is 38.8 Å². The Bertz CT molecular complexity index is 496. The van der Waals surface area contributed by atoms with Crippen LogP contribution in [0.4, 0.5) is 8.78 Å². The zero-order valence-electron chi connectivity index (χ0n) is 11.1. The third-order valence-electron chi connectivity index (χ3n) is 3.51. The average Bonchev–Trinajstić information content (AvgIpc) is 2.72. The molecule has 1 atom stereocenters. The largest absolute Gasteiger partial charge is 0.411 e. The minimum Gasteiger partial charge on any atom is -0.411 e. The van der Waals surface area contributed by atoms with Crippen molar-refractivity contribution in [3.8, 4) is 0 Å². The minimum atomic E-state index is -0.752. The van der Waals surface area contributed by atoms with Gasteiger partial charge in [0.25, 0.3) is 0 Å². The van der Waals surface area contributed by atoms with E-state index in [2.05, 4.69) is 0 Å². The molecule has 0 N–H and O–H groups in total. The highest BCUT2D eigenvalue weighted by Crippen LogP contribution is 2.43. The lowest BCUT2D eigenvalue weighted by molar-refractivity contribution is -0.175. The predicted molar refractivity (Wildman–Crippen MR) is 70.3 cm³/mol. The van der Waals surface area contributed by atoms with Gasteiger partial charge >= 0.3 is 0 Å². The van der Waals surface area contributed by atoms with Crippen molar-refractivity contribution < 1.29 is 13.6 Å². The van der Waals surface area contributed by atoms with Crippen molar-refractivity contribution in [2.45, 2.75) is 38.8 Å². The molecule has 19 heavy (non-hydrogen) atoms. The molecule has 2 rings (SSSR count). The van der Waals surface area contributed by atoms with E-state index in [0.29, 0.717) is 0 Å². The van der Waals surface area contributed by atoms with Crippen LogP contribution in [0.5, 0.6) is 0 Å². The fourth-order valence-electron chi connectivity index (χ4n) is 2.02. The molecule has 0 radical (unpaired) electrons. The van der Waals surface area contributed by atoms with Crippen LogP contribution in [0, 0.1) is 11.6 Å². The maximum Gasteiger partial charge on any atom is 0.131 e. The summed E-state index contributed by atoms with van der Waals surface area (Å²) in [5.41, 5.74) is -0.477. The van der Waals surface area contributed by atoms with Gasteiger partial charge in [0.15, 0.2) is 0 Å². The van der Waals surface area contributed by atoms with Gasteiger partial charge in [0.2, 0.25) is 0 Å². The van der Waals surface area contributed by atoms with E-state index in [1.165, 1.54) is 29.5 Å². The molecule has 0 saturated carbocycles. The van der Waals surface area contributed by atoms with Gasteiger partial charge in [0.1, 0.15) is 23.9 Å². The monoisotopic (exact) mass is 287 g/mol. The average molecular weight is 288 g/mol. The van der Waals surface area contributed by atoms with Gasteiger partial charge in [-0.3, -0.25) is 0 Å². The smallest absolute Gasteiger partial charge is 0.131 e. The molecule has 0 aromatic heterocycles. The van der Waals surface area contributed by atoms with E-state index in [0.717, 1.165) is 6.42 Å². The second kappa shape index (κ2) is 5.10. The molecule has 1 aromatic rings. The Kier molecular flexibility index (Phi) is 3.83. The Morgan fingerprint density at radius 2 is 1.89 bits per heavy atom. The first-order valence-electron chi connectivity index (χ1n) is 6.14. The molecule has 1 unspecified atom stereocenters. The first-order chi connectivity index (χ1) is 8.88. The highest BCUT2D eigenvalue weighted by atomic mass is 35.5. The van der Waals surface area contributed by atoms with Gasteiger partial charge in [-0.05, 0) is 32.4 Å². The fourth-order valence-corrected chi connectivity index (χ4v) is 2.26. The highest BCUT2D eigenvalue weighted by molar-refractivity contribution is 6.30. The summed E-state index contributed by atoms with van der Waals surface area (Å²) in [5.74, 6) is -1.25. The summed E-state index contributed by atoms with van der Waals surface area (Å²) >= 11 is 6.08. The third kappa shape index (κ3) is 2.47. The van der Waals surface area contributed by atoms with Crippen LogP contribution in [-0.2, 0) is 4.84 Å². The lowest BCUT2D eigenvalue weighted by atomic mass is 9.96. The van der Waals surface area contributed by atoms with Crippen molar-refractivity contribution in [3.63, 3.8) is 0 Å². The normalized spacial score (nSPS) is 20.3. The van der Waals surface area contributed by atoms with E-state index < -0.39 is 23.2 Å². The summed E-state index contributed by atoms with van der Waals surface area (Å²) in [6.07, 6.45) is 2.08. The summed E-state index contributed by atoms with van der Waals surface area (Å²) in [5, 5.41) is 1.81. The first-order valence-corrected chi connectivity index (χ1v) is 6.52. The zero-order chi connectivity index (χ0) is 14.2. The topological polar surface area (TPSA) is 12.5 Å². The van der Waals surface area contributed by atoms with Crippen LogP contribution in [0.15, 0.2) is 29.5 Å². The Labute approximate surface area is 116 Å². The van der Waals surface area contributed by atoms with Crippen molar-refractivity contribution >= 4 is 11.6 Å². The van der Waals surface area contributed by atoms with Crippen LogP contribution in [-0.4, -0.2) is 10.6 Å². The van der Waals surface area contributed by atoms with Gasteiger partial charge in [-0.15, -0.1) is 5.06 Å². The van der Waals surface area contributed by atoms with Crippen molar-refractivity contribution in [1.82, 2.24) is 5.06 Å². The van der Waals surface area contributed by atoms with Gasteiger partial charge < -0.3 is 4.84 Å². The second-order valence-corrected chi connectivity index (χ2v) is 5.57. The van der Waals surface area contributed by atoms with E-state index in [4.69, 9.17) is 16.4 Å². The van der Waals surface area contributed by atoms with Crippen LogP contribution in [0.2, 0.25) is 0 Å². The number of halogens is 3. The molecule has 2 nitrogen and oxygen atoms in total. The van der Waals surface area contributed by atoms with Crippen LogP contribution < -0.4 is 0 Å². The molecule has 0 saturated heterocycles. The van der Waals surface area contributed by atoms with Gasteiger partial charge in [-0.1, -0.05) is 24.6 Å². The Balaban J connectivity index is 2.49. The van der Waals surface area contributed by atoms with Gasteiger partial charge in [-0.25, -0.2) is 8.78 Å². The van der Waals surface area contributed by atoms with Crippen molar-refractivity contribution in [2.75, 3.05) is 0 Å². The molecule has 0 amide bonds. The number of hydroxylamine groups is 2. The predicted octanol–water partition coefficient (Wildman–Crippen LogP) is 4.52. The van der Waals surface area contributed by atoms with E-state index >= 15 is 0 Å². The zero-order valence-corrected chi connectivity index (χ0v) is 11.8. The molecular formula is C14H16ClF2NO. The molecule has 0 fully saturated rings. The second-order valence-electron chi connectivity index (χ2n) is 5.14. The Morgan fingerprint density at radius 3 is 2.42 bits per heavy atom. The summed E-state index contributed by atoms with van der Waals surface area (Å²) in [4.78, 5) is 5.40. The molecule has 0 spiro atoms. The quantitative estimate of drug-likeness (QED) is 0.810. The molecule has 0 bridgehead atoms. The fraction of sp³-hybridized carbons (Fsp3) is 0.429.